The van der Waals surface area contributed by atoms with Crippen LogP contribution in [0.1, 0.15) is 10.4 Å². The molecule has 88 valence electrons. The number of primary amides is 1. The highest BCUT2D eigenvalue weighted by atomic mass is 19.4. The van der Waals surface area contributed by atoms with Crippen molar-refractivity contribution < 1.29 is 27.1 Å². The summed E-state index contributed by atoms with van der Waals surface area (Å²) in [5.41, 5.74) is 8.46. The second-order valence-electron chi connectivity index (χ2n) is 2.63. The molecule has 16 heavy (non-hydrogen) atoms. The molecule has 9 heteroatoms. The first-order valence-corrected chi connectivity index (χ1v) is 3.72. The number of nitrogens with zero attached hydrogens (tertiary/aromatic N) is 1. The standard InChI is InChI=1S/C7H5F4N3O2/c8-3-1-2(12)4(5(13)15)6(14-3)16-7(9,10)11/h1H,(H2,12,14)(H2,13,15). The Hall–Kier alpha value is -2.06. The van der Waals surface area contributed by atoms with Crippen molar-refractivity contribution in [3.05, 3.63) is 17.6 Å². The van der Waals surface area contributed by atoms with Gasteiger partial charge in [-0.15, -0.1) is 13.2 Å². The van der Waals surface area contributed by atoms with Crippen molar-refractivity contribution >= 4 is 11.6 Å². The summed E-state index contributed by atoms with van der Waals surface area (Å²) in [6.45, 7) is 0. The highest BCUT2D eigenvalue weighted by Crippen LogP contribution is 2.28. The van der Waals surface area contributed by atoms with Crippen LogP contribution in [0.5, 0.6) is 5.88 Å². The van der Waals surface area contributed by atoms with Gasteiger partial charge in [-0.25, -0.2) is 0 Å². The maximum Gasteiger partial charge on any atom is 0.574 e. The SMILES string of the molecule is NC(=O)c1c(N)cc(F)nc1OC(F)(F)F. The van der Waals surface area contributed by atoms with Gasteiger partial charge in [0.1, 0.15) is 5.56 Å². The molecule has 4 N–H and O–H groups in total. The summed E-state index contributed by atoms with van der Waals surface area (Å²) in [7, 11) is 0. The third-order valence-corrected chi connectivity index (χ3v) is 1.44. The van der Waals surface area contributed by atoms with Gasteiger partial charge in [0.25, 0.3) is 5.91 Å². The molecule has 0 fully saturated rings. The van der Waals surface area contributed by atoms with Gasteiger partial charge < -0.3 is 16.2 Å². The second-order valence-corrected chi connectivity index (χ2v) is 2.63. The molecule has 1 rings (SSSR count). The molecule has 1 amide bonds. The number of ether oxygens (including phenoxy) is 1. The maximum atomic E-state index is 12.7. The van der Waals surface area contributed by atoms with Crippen molar-refractivity contribution in [2.24, 2.45) is 5.73 Å². The Labute approximate surface area is 86.0 Å². The Kier molecular flexibility index (Phi) is 2.88. The van der Waals surface area contributed by atoms with E-state index in [2.05, 4.69) is 9.72 Å². The molecule has 0 spiro atoms. The van der Waals surface area contributed by atoms with E-state index in [0.29, 0.717) is 6.07 Å². The molecule has 1 aromatic rings. The van der Waals surface area contributed by atoms with Crippen LogP contribution in [0.2, 0.25) is 0 Å². The van der Waals surface area contributed by atoms with Crippen LogP contribution >= 0.6 is 0 Å². The molecule has 0 aromatic carbocycles. The smallest absolute Gasteiger partial charge is 0.398 e. The number of anilines is 1. The Morgan fingerprint density at radius 3 is 2.44 bits per heavy atom. The van der Waals surface area contributed by atoms with Crippen molar-refractivity contribution in [3.8, 4) is 5.88 Å². The number of carbonyl (C=O) groups excluding carboxylic acids is 1. The summed E-state index contributed by atoms with van der Waals surface area (Å²) >= 11 is 0. The van der Waals surface area contributed by atoms with Crippen LogP contribution in [0.25, 0.3) is 0 Å². The van der Waals surface area contributed by atoms with E-state index >= 15 is 0 Å². The third kappa shape index (κ3) is 2.72. The highest BCUT2D eigenvalue weighted by molar-refractivity contribution is 6.00. The molecule has 0 radical (unpaired) electrons. The van der Waals surface area contributed by atoms with Crippen molar-refractivity contribution in [1.29, 1.82) is 0 Å². The monoisotopic (exact) mass is 239 g/mol. The van der Waals surface area contributed by atoms with E-state index < -0.39 is 35.3 Å². The first-order valence-electron chi connectivity index (χ1n) is 3.72. The number of halogens is 4. The zero-order chi connectivity index (χ0) is 12.5. The molecule has 0 saturated carbocycles. The lowest BCUT2D eigenvalue weighted by molar-refractivity contribution is -0.276. The fourth-order valence-corrected chi connectivity index (χ4v) is 0.940. The topological polar surface area (TPSA) is 91.2 Å². The van der Waals surface area contributed by atoms with Gasteiger partial charge in [-0.1, -0.05) is 0 Å². The van der Waals surface area contributed by atoms with Gasteiger partial charge in [0.05, 0.1) is 5.69 Å². The largest absolute Gasteiger partial charge is 0.574 e. The third-order valence-electron chi connectivity index (χ3n) is 1.44. The predicted molar refractivity (Wildman–Crippen MR) is 43.8 cm³/mol. The summed E-state index contributed by atoms with van der Waals surface area (Å²) in [5.74, 6) is -3.93. The van der Waals surface area contributed by atoms with Crippen LogP contribution in [0, 0.1) is 5.95 Å². The fourth-order valence-electron chi connectivity index (χ4n) is 0.940. The molecule has 0 aliphatic carbocycles. The highest BCUT2D eigenvalue weighted by Gasteiger charge is 2.34. The van der Waals surface area contributed by atoms with Crippen molar-refractivity contribution in [2.75, 3.05) is 5.73 Å². The lowest BCUT2D eigenvalue weighted by Gasteiger charge is -2.11. The van der Waals surface area contributed by atoms with Gasteiger partial charge in [-0.2, -0.15) is 9.37 Å². The van der Waals surface area contributed by atoms with E-state index in [-0.39, 0.29) is 0 Å². The number of rotatable bonds is 2. The van der Waals surface area contributed by atoms with Crippen LogP contribution in [0.3, 0.4) is 0 Å². The normalized spacial score (nSPS) is 11.2. The summed E-state index contributed by atoms with van der Waals surface area (Å²) in [4.78, 5) is 13.5. The number of aromatic nitrogens is 1. The average Bonchev–Trinajstić information content (AvgIpc) is 1.96. The second kappa shape index (κ2) is 3.83. The lowest BCUT2D eigenvalue weighted by Crippen LogP contribution is -2.23. The van der Waals surface area contributed by atoms with Gasteiger partial charge in [0.15, 0.2) is 0 Å². The Morgan fingerprint density at radius 2 is 2.00 bits per heavy atom. The number of carbonyl (C=O) groups is 1. The first kappa shape index (κ1) is 12.0. The van der Waals surface area contributed by atoms with Crippen molar-refractivity contribution in [2.45, 2.75) is 6.36 Å². The van der Waals surface area contributed by atoms with Gasteiger partial charge >= 0.3 is 6.36 Å². The minimum Gasteiger partial charge on any atom is -0.398 e. The minimum atomic E-state index is -5.13. The van der Waals surface area contributed by atoms with E-state index in [1.54, 1.807) is 0 Å². The molecule has 1 heterocycles. The van der Waals surface area contributed by atoms with Crippen LogP contribution in [-0.2, 0) is 0 Å². The van der Waals surface area contributed by atoms with E-state index in [9.17, 15) is 22.4 Å². The quantitative estimate of drug-likeness (QED) is 0.589. The molecule has 1 aromatic heterocycles. The maximum absolute atomic E-state index is 12.7. The van der Waals surface area contributed by atoms with Crippen LogP contribution in [0.4, 0.5) is 23.2 Å². The van der Waals surface area contributed by atoms with Crippen LogP contribution in [-0.4, -0.2) is 17.3 Å². The number of hydrogen-bond donors (Lipinski definition) is 2. The Morgan fingerprint density at radius 1 is 1.44 bits per heavy atom. The molecule has 0 bridgehead atoms. The number of nitrogens with two attached hydrogens (primary N) is 2. The van der Waals surface area contributed by atoms with E-state index in [1.165, 1.54) is 0 Å². The number of nitrogen functional groups attached to an aromatic ring is 1. The molecule has 5 nitrogen and oxygen atoms in total. The van der Waals surface area contributed by atoms with Gasteiger partial charge in [0, 0.05) is 6.07 Å². The predicted octanol–water partition coefficient (Wildman–Crippen LogP) is 0.800. The van der Waals surface area contributed by atoms with Crippen molar-refractivity contribution in [1.82, 2.24) is 4.98 Å². The Balaban J connectivity index is 3.30. The zero-order valence-corrected chi connectivity index (χ0v) is 7.51. The van der Waals surface area contributed by atoms with E-state index in [0.717, 1.165) is 0 Å². The van der Waals surface area contributed by atoms with Crippen LogP contribution < -0.4 is 16.2 Å². The van der Waals surface area contributed by atoms with Gasteiger partial charge in [-0.3, -0.25) is 4.79 Å². The minimum absolute atomic E-state index is 0.559. The molecular weight excluding hydrogens is 234 g/mol. The molecule has 0 atom stereocenters. The fraction of sp³-hybridized carbons (Fsp3) is 0.143. The first-order chi connectivity index (χ1) is 7.20. The van der Waals surface area contributed by atoms with Gasteiger partial charge in [-0.05, 0) is 0 Å². The molecule has 0 saturated heterocycles. The van der Waals surface area contributed by atoms with Crippen LogP contribution in [0.15, 0.2) is 6.07 Å². The number of amides is 1. The zero-order valence-electron chi connectivity index (χ0n) is 7.51. The summed E-state index contributed by atoms with van der Waals surface area (Å²) in [6.07, 6.45) is -5.13. The molecule has 0 aliphatic rings. The molecule has 0 unspecified atom stereocenters. The number of hydrogen-bond acceptors (Lipinski definition) is 4. The van der Waals surface area contributed by atoms with Crippen molar-refractivity contribution in [3.63, 3.8) is 0 Å². The molecular formula is C7H5F4N3O2. The van der Waals surface area contributed by atoms with Gasteiger partial charge in [0.2, 0.25) is 11.8 Å². The Bertz CT molecular complexity index is 432. The summed E-state index contributed by atoms with van der Waals surface area (Å²) < 4.78 is 51.6. The van der Waals surface area contributed by atoms with E-state index in [1.807, 2.05) is 0 Å². The number of alkyl halides is 3. The lowest BCUT2D eigenvalue weighted by atomic mass is 10.2. The summed E-state index contributed by atoms with van der Waals surface area (Å²) in [6, 6.07) is 0.559. The summed E-state index contributed by atoms with van der Waals surface area (Å²) in [5, 5.41) is 0. The average molecular weight is 239 g/mol. The number of pyridine rings is 1. The van der Waals surface area contributed by atoms with E-state index in [4.69, 9.17) is 11.5 Å². The molecule has 0 aliphatic heterocycles.